The van der Waals surface area contributed by atoms with Gasteiger partial charge in [0.1, 0.15) is 0 Å². The van der Waals surface area contributed by atoms with Crippen LogP contribution < -0.4 is 5.32 Å². The highest BCUT2D eigenvalue weighted by Gasteiger charge is 2.27. The average molecular weight is 357 g/mol. The minimum atomic E-state index is -4.17. The predicted octanol–water partition coefficient (Wildman–Crippen LogP) is 4.72. The average Bonchev–Trinajstić information content (AvgIpc) is 2.65. The van der Waals surface area contributed by atoms with E-state index in [2.05, 4.69) is 26.2 Å². The quantitative estimate of drug-likeness (QED) is 0.802. The van der Waals surface area contributed by atoms with Crippen molar-refractivity contribution in [2.75, 3.05) is 17.6 Å². The number of aromatic nitrogens is 1. The summed E-state index contributed by atoms with van der Waals surface area (Å²) in [6, 6.07) is 5.71. The van der Waals surface area contributed by atoms with Crippen LogP contribution in [0, 0.1) is 0 Å². The minimum Gasteiger partial charge on any atom is -0.361 e. The number of fused-ring (bicyclic) bond motifs is 1. The molecular formula is C10H8BrF3N2S2. The summed E-state index contributed by atoms with van der Waals surface area (Å²) < 4.78 is 37.7. The van der Waals surface area contributed by atoms with Crippen molar-refractivity contribution in [1.82, 2.24) is 4.98 Å². The van der Waals surface area contributed by atoms with E-state index in [4.69, 9.17) is 0 Å². The number of benzene rings is 1. The summed E-state index contributed by atoms with van der Waals surface area (Å²) in [5.41, 5.74) is -3.33. The highest BCUT2D eigenvalue weighted by atomic mass is 79.9. The Balaban J connectivity index is 1.92. The maximum Gasteiger partial charge on any atom is 0.441 e. The van der Waals surface area contributed by atoms with E-state index in [1.54, 1.807) is 0 Å². The molecule has 0 radical (unpaired) electrons. The highest BCUT2D eigenvalue weighted by Crippen LogP contribution is 2.31. The molecule has 2 rings (SSSR count). The predicted molar refractivity (Wildman–Crippen MR) is 74.3 cm³/mol. The molecule has 2 nitrogen and oxygen atoms in total. The van der Waals surface area contributed by atoms with Gasteiger partial charge in [-0.25, -0.2) is 4.98 Å². The van der Waals surface area contributed by atoms with Crippen LogP contribution in [-0.4, -0.2) is 22.8 Å². The second-order valence-electron chi connectivity index (χ2n) is 3.35. The maximum atomic E-state index is 11.9. The van der Waals surface area contributed by atoms with E-state index in [1.165, 1.54) is 11.3 Å². The summed E-state index contributed by atoms with van der Waals surface area (Å²) in [5.74, 6) is -0.0247. The lowest BCUT2D eigenvalue weighted by Crippen LogP contribution is -2.09. The Morgan fingerprint density at radius 3 is 2.89 bits per heavy atom. The molecule has 0 aliphatic heterocycles. The second kappa shape index (κ2) is 5.66. The molecule has 0 fully saturated rings. The lowest BCUT2D eigenvalue weighted by Gasteiger charge is -2.05. The molecule has 98 valence electrons. The van der Waals surface area contributed by atoms with Crippen molar-refractivity contribution in [1.29, 1.82) is 0 Å². The number of nitrogens with one attached hydrogen (secondary N) is 1. The van der Waals surface area contributed by atoms with Crippen LogP contribution in [0.5, 0.6) is 0 Å². The van der Waals surface area contributed by atoms with Crippen molar-refractivity contribution in [3.05, 3.63) is 22.7 Å². The standard InChI is InChI=1S/C10H8BrF3N2S2/c11-6-1-2-8-7(5-6)16-9(18-8)15-3-4-17-10(12,13)14/h1-2,5H,3-4H2,(H,15,16). The van der Waals surface area contributed by atoms with Crippen molar-refractivity contribution in [3.63, 3.8) is 0 Å². The molecule has 0 bridgehead atoms. The lowest BCUT2D eigenvalue weighted by atomic mass is 10.3. The van der Waals surface area contributed by atoms with Crippen LogP contribution in [0.2, 0.25) is 0 Å². The molecular weight excluding hydrogens is 349 g/mol. The Morgan fingerprint density at radius 2 is 2.17 bits per heavy atom. The summed E-state index contributed by atoms with van der Waals surface area (Å²) in [7, 11) is 0. The van der Waals surface area contributed by atoms with Crippen molar-refractivity contribution < 1.29 is 13.2 Å². The molecule has 0 aliphatic rings. The normalized spacial score (nSPS) is 12.0. The van der Waals surface area contributed by atoms with Crippen LogP contribution in [0.3, 0.4) is 0 Å². The van der Waals surface area contributed by atoms with Gasteiger partial charge in [0.05, 0.1) is 10.2 Å². The third-order valence-corrected chi connectivity index (χ3v) is 4.22. The van der Waals surface area contributed by atoms with Crippen molar-refractivity contribution in [2.45, 2.75) is 5.51 Å². The largest absolute Gasteiger partial charge is 0.441 e. The number of nitrogens with zero attached hydrogens (tertiary/aromatic N) is 1. The highest BCUT2D eigenvalue weighted by molar-refractivity contribution is 9.10. The second-order valence-corrected chi connectivity index (χ2v) is 6.46. The topological polar surface area (TPSA) is 24.9 Å². The van der Waals surface area contributed by atoms with Gasteiger partial charge in [0.2, 0.25) is 0 Å². The molecule has 1 aromatic carbocycles. The monoisotopic (exact) mass is 356 g/mol. The Kier molecular flexibility index (Phi) is 4.39. The summed E-state index contributed by atoms with van der Waals surface area (Å²) in [6.45, 7) is 0.241. The first-order valence-electron chi connectivity index (χ1n) is 4.95. The van der Waals surface area contributed by atoms with E-state index < -0.39 is 5.51 Å². The van der Waals surface area contributed by atoms with Crippen LogP contribution >= 0.6 is 39.0 Å². The molecule has 8 heteroatoms. The molecule has 0 saturated carbocycles. The number of halogens is 4. The molecule has 0 aliphatic carbocycles. The summed E-state index contributed by atoms with van der Waals surface area (Å²) in [6.07, 6.45) is 0. The molecule has 0 atom stereocenters. The first-order valence-corrected chi connectivity index (χ1v) is 7.54. The Bertz CT molecular complexity index is 541. The van der Waals surface area contributed by atoms with Gasteiger partial charge in [-0.3, -0.25) is 0 Å². The molecule has 0 saturated heterocycles. The van der Waals surface area contributed by atoms with Crippen LogP contribution in [0.1, 0.15) is 0 Å². The van der Waals surface area contributed by atoms with Gasteiger partial charge >= 0.3 is 5.51 Å². The van der Waals surface area contributed by atoms with E-state index >= 15 is 0 Å². The van der Waals surface area contributed by atoms with Crippen LogP contribution in [0.4, 0.5) is 18.3 Å². The van der Waals surface area contributed by atoms with E-state index in [1.807, 2.05) is 18.2 Å². The van der Waals surface area contributed by atoms with Gasteiger partial charge in [-0.2, -0.15) is 13.2 Å². The first-order chi connectivity index (χ1) is 8.44. The molecule has 1 heterocycles. The number of hydrogen-bond donors (Lipinski definition) is 1. The van der Waals surface area contributed by atoms with E-state index in [-0.39, 0.29) is 24.1 Å². The zero-order valence-electron chi connectivity index (χ0n) is 8.92. The number of thiazole rings is 1. The summed E-state index contributed by atoms with van der Waals surface area (Å²) in [4.78, 5) is 4.29. The van der Waals surface area contributed by atoms with Gasteiger partial charge in [-0.1, -0.05) is 27.3 Å². The number of rotatable bonds is 4. The molecule has 1 aromatic heterocycles. The summed E-state index contributed by atoms with van der Waals surface area (Å²) in [5, 5.41) is 3.54. The van der Waals surface area contributed by atoms with Gasteiger partial charge in [0, 0.05) is 16.8 Å². The molecule has 18 heavy (non-hydrogen) atoms. The van der Waals surface area contributed by atoms with Gasteiger partial charge < -0.3 is 5.32 Å². The Hall–Kier alpha value is -0.470. The third kappa shape index (κ3) is 4.03. The van der Waals surface area contributed by atoms with Crippen molar-refractivity contribution in [2.24, 2.45) is 0 Å². The van der Waals surface area contributed by atoms with Crippen LogP contribution in [0.25, 0.3) is 10.2 Å². The molecule has 0 unspecified atom stereocenters. The Labute approximate surface area is 118 Å². The molecule has 0 spiro atoms. The lowest BCUT2D eigenvalue weighted by molar-refractivity contribution is -0.0327. The smallest absolute Gasteiger partial charge is 0.361 e. The summed E-state index contributed by atoms with van der Waals surface area (Å²) >= 11 is 4.74. The van der Waals surface area contributed by atoms with E-state index in [9.17, 15) is 13.2 Å². The molecule has 2 aromatic rings. The number of anilines is 1. The van der Waals surface area contributed by atoms with Crippen molar-refractivity contribution >= 4 is 54.4 Å². The SMILES string of the molecule is FC(F)(F)SCCNc1nc2cc(Br)ccc2s1. The van der Waals surface area contributed by atoms with Gasteiger partial charge in [0.25, 0.3) is 0 Å². The van der Waals surface area contributed by atoms with Gasteiger partial charge in [-0.05, 0) is 30.0 Å². The number of hydrogen-bond acceptors (Lipinski definition) is 4. The van der Waals surface area contributed by atoms with Crippen LogP contribution in [0.15, 0.2) is 22.7 Å². The fraction of sp³-hybridized carbons (Fsp3) is 0.300. The number of thioether (sulfide) groups is 1. The third-order valence-electron chi connectivity index (χ3n) is 1.99. The zero-order chi connectivity index (χ0) is 13.2. The zero-order valence-corrected chi connectivity index (χ0v) is 12.1. The van der Waals surface area contributed by atoms with Gasteiger partial charge in [0.15, 0.2) is 5.13 Å². The maximum absolute atomic E-state index is 11.9. The first kappa shape index (κ1) is 14.0. The Morgan fingerprint density at radius 1 is 1.39 bits per heavy atom. The molecule has 0 amide bonds. The van der Waals surface area contributed by atoms with Crippen LogP contribution in [-0.2, 0) is 0 Å². The van der Waals surface area contributed by atoms with Gasteiger partial charge in [-0.15, -0.1) is 0 Å². The number of alkyl halides is 3. The fourth-order valence-corrected chi connectivity index (χ4v) is 2.96. The van der Waals surface area contributed by atoms with Crippen molar-refractivity contribution in [3.8, 4) is 0 Å². The fourth-order valence-electron chi connectivity index (χ4n) is 1.30. The van der Waals surface area contributed by atoms with E-state index in [0.29, 0.717) is 5.13 Å². The molecule has 1 N–H and O–H groups in total. The van der Waals surface area contributed by atoms with E-state index in [0.717, 1.165) is 14.7 Å². The minimum absolute atomic E-state index is 0.0247.